The van der Waals surface area contributed by atoms with E-state index in [4.69, 9.17) is 0 Å². The number of amides is 1. The SMILES string of the molecule is O=C(c1cnccn1)N1CCCC1c1nccs1. The molecule has 18 heavy (non-hydrogen) atoms. The Kier molecular flexibility index (Phi) is 3.02. The molecule has 0 spiro atoms. The van der Waals surface area contributed by atoms with E-state index in [1.165, 1.54) is 6.20 Å². The zero-order chi connectivity index (χ0) is 12.4. The summed E-state index contributed by atoms with van der Waals surface area (Å²) in [6.07, 6.45) is 8.39. The van der Waals surface area contributed by atoms with Crippen LogP contribution in [0, 0.1) is 0 Å². The number of nitrogens with zero attached hydrogens (tertiary/aromatic N) is 4. The first-order chi connectivity index (χ1) is 8.86. The normalized spacial score (nSPS) is 19.1. The molecule has 3 heterocycles. The van der Waals surface area contributed by atoms with Gasteiger partial charge in [-0.2, -0.15) is 0 Å². The van der Waals surface area contributed by atoms with Gasteiger partial charge in [0.2, 0.25) is 0 Å². The highest BCUT2D eigenvalue weighted by Gasteiger charge is 2.32. The summed E-state index contributed by atoms with van der Waals surface area (Å²) in [5.74, 6) is -0.0548. The van der Waals surface area contributed by atoms with Gasteiger partial charge >= 0.3 is 0 Å². The molecule has 0 aromatic carbocycles. The maximum absolute atomic E-state index is 12.4. The smallest absolute Gasteiger partial charge is 0.274 e. The van der Waals surface area contributed by atoms with Crippen LogP contribution in [0.15, 0.2) is 30.2 Å². The molecule has 1 aliphatic heterocycles. The van der Waals surface area contributed by atoms with E-state index in [0.717, 1.165) is 24.4 Å². The molecule has 0 saturated carbocycles. The van der Waals surface area contributed by atoms with Crippen molar-refractivity contribution < 1.29 is 4.79 Å². The molecule has 6 heteroatoms. The molecule has 92 valence electrons. The lowest BCUT2D eigenvalue weighted by Crippen LogP contribution is -2.31. The van der Waals surface area contributed by atoms with Gasteiger partial charge in [-0.05, 0) is 12.8 Å². The summed E-state index contributed by atoms with van der Waals surface area (Å²) >= 11 is 1.60. The summed E-state index contributed by atoms with van der Waals surface area (Å²) in [4.78, 5) is 26.5. The lowest BCUT2D eigenvalue weighted by molar-refractivity contribution is 0.0729. The highest BCUT2D eigenvalue weighted by molar-refractivity contribution is 7.09. The Balaban J connectivity index is 1.85. The summed E-state index contributed by atoms with van der Waals surface area (Å²) in [6.45, 7) is 0.764. The third kappa shape index (κ3) is 1.99. The van der Waals surface area contributed by atoms with Crippen LogP contribution in [0.5, 0.6) is 0 Å². The van der Waals surface area contributed by atoms with E-state index in [1.807, 2.05) is 10.3 Å². The average molecular weight is 260 g/mol. The van der Waals surface area contributed by atoms with Gasteiger partial charge in [-0.3, -0.25) is 9.78 Å². The number of thiazole rings is 1. The van der Waals surface area contributed by atoms with Crippen LogP contribution in [-0.2, 0) is 0 Å². The monoisotopic (exact) mass is 260 g/mol. The van der Waals surface area contributed by atoms with E-state index < -0.39 is 0 Å². The fourth-order valence-corrected chi connectivity index (χ4v) is 3.01. The molecule has 2 aromatic rings. The van der Waals surface area contributed by atoms with E-state index in [9.17, 15) is 4.79 Å². The number of aromatic nitrogens is 3. The topological polar surface area (TPSA) is 59.0 Å². The number of likely N-dealkylation sites (tertiary alicyclic amines) is 1. The molecule has 0 radical (unpaired) electrons. The first-order valence-electron chi connectivity index (χ1n) is 5.82. The average Bonchev–Trinajstić information content (AvgIpc) is 3.09. The highest BCUT2D eigenvalue weighted by Crippen LogP contribution is 2.33. The first kappa shape index (κ1) is 11.3. The van der Waals surface area contributed by atoms with Crippen molar-refractivity contribution >= 4 is 17.2 Å². The van der Waals surface area contributed by atoms with E-state index in [1.54, 1.807) is 29.9 Å². The molecular weight excluding hydrogens is 248 g/mol. The lowest BCUT2D eigenvalue weighted by Gasteiger charge is -2.22. The van der Waals surface area contributed by atoms with Crippen molar-refractivity contribution in [2.45, 2.75) is 18.9 Å². The van der Waals surface area contributed by atoms with Crippen molar-refractivity contribution in [3.05, 3.63) is 40.9 Å². The molecule has 2 aromatic heterocycles. The zero-order valence-corrected chi connectivity index (χ0v) is 10.5. The molecule has 0 N–H and O–H groups in total. The molecule has 0 aliphatic carbocycles. The van der Waals surface area contributed by atoms with Gasteiger partial charge in [-0.15, -0.1) is 11.3 Å². The van der Waals surface area contributed by atoms with Gasteiger partial charge in [0.05, 0.1) is 12.2 Å². The van der Waals surface area contributed by atoms with Crippen LogP contribution in [0.4, 0.5) is 0 Å². The maximum Gasteiger partial charge on any atom is 0.274 e. The van der Waals surface area contributed by atoms with Crippen LogP contribution < -0.4 is 0 Å². The molecule has 0 bridgehead atoms. The number of hydrogen-bond donors (Lipinski definition) is 0. The van der Waals surface area contributed by atoms with Crippen molar-refractivity contribution in [1.82, 2.24) is 19.9 Å². The molecule has 1 unspecified atom stereocenters. The third-order valence-corrected chi connectivity index (χ3v) is 3.91. The molecule has 1 aliphatic rings. The molecule has 1 atom stereocenters. The fourth-order valence-electron chi connectivity index (χ4n) is 2.22. The van der Waals surface area contributed by atoms with Crippen molar-refractivity contribution in [2.75, 3.05) is 6.54 Å². The zero-order valence-electron chi connectivity index (χ0n) is 9.69. The van der Waals surface area contributed by atoms with Crippen molar-refractivity contribution in [3.8, 4) is 0 Å². The van der Waals surface area contributed by atoms with Crippen LogP contribution in [0.25, 0.3) is 0 Å². The number of carbonyl (C=O) groups excluding carboxylic acids is 1. The second kappa shape index (κ2) is 4.81. The van der Waals surface area contributed by atoms with Crippen molar-refractivity contribution in [1.29, 1.82) is 0 Å². The summed E-state index contributed by atoms with van der Waals surface area (Å²) in [5, 5.41) is 2.95. The molecule has 1 amide bonds. The molecule has 1 fully saturated rings. The minimum Gasteiger partial charge on any atom is -0.328 e. The quantitative estimate of drug-likeness (QED) is 0.827. The number of carbonyl (C=O) groups is 1. The van der Waals surface area contributed by atoms with Gasteiger partial charge in [0.25, 0.3) is 5.91 Å². The summed E-state index contributed by atoms with van der Waals surface area (Å²) < 4.78 is 0. The fraction of sp³-hybridized carbons (Fsp3) is 0.333. The van der Waals surface area contributed by atoms with Crippen LogP contribution in [-0.4, -0.2) is 32.3 Å². The Labute approximate surface area is 109 Å². The predicted molar refractivity (Wildman–Crippen MR) is 67.2 cm³/mol. The standard InChI is InChI=1S/C12H12N4OS/c17-12(9-8-13-3-4-14-9)16-6-1-2-10(16)11-15-5-7-18-11/h3-5,7-8,10H,1-2,6H2. The van der Waals surface area contributed by atoms with Gasteiger partial charge in [-0.25, -0.2) is 9.97 Å². The minimum absolute atomic E-state index is 0.0548. The summed E-state index contributed by atoms with van der Waals surface area (Å²) in [6, 6.07) is 0.0968. The van der Waals surface area contributed by atoms with Gasteiger partial charge in [0, 0.05) is 30.5 Å². The second-order valence-corrected chi connectivity index (χ2v) is 5.04. The Morgan fingerprint density at radius 2 is 2.28 bits per heavy atom. The van der Waals surface area contributed by atoms with E-state index in [0.29, 0.717) is 5.69 Å². The summed E-state index contributed by atoms with van der Waals surface area (Å²) in [5.41, 5.74) is 0.404. The van der Waals surface area contributed by atoms with Crippen LogP contribution in [0.3, 0.4) is 0 Å². The van der Waals surface area contributed by atoms with Crippen LogP contribution in [0.1, 0.15) is 34.4 Å². The number of rotatable bonds is 2. The van der Waals surface area contributed by atoms with Gasteiger partial charge in [0.15, 0.2) is 0 Å². The molecule has 5 nitrogen and oxygen atoms in total. The van der Waals surface area contributed by atoms with E-state index in [2.05, 4.69) is 15.0 Å². The van der Waals surface area contributed by atoms with Gasteiger partial charge in [0.1, 0.15) is 10.7 Å². The Morgan fingerprint density at radius 3 is 3.00 bits per heavy atom. The second-order valence-electron chi connectivity index (χ2n) is 4.12. The largest absolute Gasteiger partial charge is 0.328 e. The Hall–Kier alpha value is -1.82. The number of hydrogen-bond acceptors (Lipinski definition) is 5. The van der Waals surface area contributed by atoms with E-state index in [-0.39, 0.29) is 11.9 Å². The molecule has 3 rings (SSSR count). The minimum atomic E-state index is -0.0548. The molecule has 1 saturated heterocycles. The highest BCUT2D eigenvalue weighted by atomic mass is 32.1. The first-order valence-corrected chi connectivity index (χ1v) is 6.70. The van der Waals surface area contributed by atoms with Crippen LogP contribution >= 0.6 is 11.3 Å². The van der Waals surface area contributed by atoms with Crippen molar-refractivity contribution in [3.63, 3.8) is 0 Å². The van der Waals surface area contributed by atoms with E-state index >= 15 is 0 Å². The third-order valence-electron chi connectivity index (χ3n) is 3.03. The Bertz CT molecular complexity index is 528. The Morgan fingerprint density at radius 1 is 1.33 bits per heavy atom. The van der Waals surface area contributed by atoms with Gasteiger partial charge in [-0.1, -0.05) is 0 Å². The molecular formula is C12H12N4OS. The summed E-state index contributed by atoms with van der Waals surface area (Å²) in [7, 11) is 0. The predicted octanol–water partition coefficient (Wildman–Crippen LogP) is 1.91. The lowest BCUT2D eigenvalue weighted by atomic mass is 10.2. The van der Waals surface area contributed by atoms with Crippen molar-refractivity contribution in [2.24, 2.45) is 0 Å². The maximum atomic E-state index is 12.4. The van der Waals surface area contributed by atoms with Gasteiger partial charge < -0.3 is 4.90 Å². The van der Waals surface area contributed by atoms with Crippen LogP contribution in [0.2, 0.25) is 0 Å².